The number of rotatable bonds is 6. The third-order valence-electron chi connectivity index (χ3n) is 5.47. The molecule has 3 rings (SSSR count). The third kappa shape index (κ3) is 4.08. The van der Waals surface area contributed by atoms with Crippen LogP contribution >= 0.6 is 11.3 Å². The predicted octanol–water partition coefficient (Wildman–Crippen LogP) is 3.31. The molecule has 6 heteroatoms. The first kappa shape index (κ1) is 19.3. The van der Waals surface area contributed by atoms with Crippen molar-refractivity contribution >= 4 is 32.6 Å². The summed E-state index contributed by atoms with van der Waals surface area (Å²) in [5.41, 5.74) is 0.965. The highest BCUT2D eigenvalue weighted by Gasteiger charge is 2.30. The zero-order valence-electron chi connectivity index (χ0n) is 16.3. The van der Waals surface area contributed by atoms with Gasteiger partial charge in [0.25, 0.3) is 0 Å². The summed E-state index contributed by atoms with van der Waals surface area (Å²) in [5, 5.41) is 0.806. The predicted molar refractivity (Wildman–Crippen MR) is 110 cm³/mol. The number of likely N-dealkylation sites (N-methyl/N-ethyl adjacent to an activating group) is 2. The van der Waals surface area contributed by atoms with Crippen LogP contribution in [0.3, 0.4) is 0 Å². The molecule has 2 heterocycles. The Balaban J connectivity index is 1.67. The molecular formula is C20H30N4OS. The maximum Gasteiger partial charge on any atom is 0.242 e. The van der Waals surface area contributed by atoms with Crippen molar-refractivity contribution in [1.82, 2.24) is 14.8 Å². The van der Waals surface area contributed by atoms with Crippen molar-refractivity contribution in [1.29, 1.82) is 0 Å². The largest absolute Gasteiger partial charge is 0.303 e. The summed E-state index contributed by atoms with van der Waals surface area (Å²) in [6.45, 7) is 11.0. The minimum atomic E-state index is 0.138. The van der Waals surface area contributed by atoms with Crippen LogP contribution in [0, 0.1) is 5.92 Å². The number of aromatic nitrogens is 1. The number of amides is 1. The van der Waals surface area contributed by atoms with Crippen molar-refractivity contribution < 1.29 is 4.79 Å². The zero-order valence-corrected chi connectivity index (χ0v) is 17.1. The quantitative estimate of drug-likeness (QED) is 0.778. The summed E-state index contributed by atoms with van der Waals surface area (Å²) in [7, 11) is 2.09. The Morgan fingerprint density at radius 3 is 2.77 bits per heavy atom. The fourth-order valence-corrected chi connectivity index (χ4v) is 5.02. The van der Waals surface area contributed by atoms with Crippen molar-refractivity contribution in [3.05, 3.63) is 24.3 Å². The highest BCUT2D eigenvalue weighted by molar-refractivity contribution is 7.22. The van der Waals surface area contributed by atoms with E-state index in [1.54, 1.807) is 11.3 Å². The summed E-state index contributed by atoms with van der Waals surface area (Å²) in [4.78, 5) is 24.2. The zero-order chi connectivity index (χ0) is 18.7. The minimum Gasteiger partial charge on any atom is -0.303 e. The van der Waals surface area contributed by atoms with Crippen LogP contribution in [0.1, 0.15) is 27.2 Å². The molecule has 26 heavy (non-hydrogen) atoms. The van der Waals surface area contributed by atoms with Crippen molar-refractivity contribution in [3.8, 4) is 0 Å². The van der Waals surface area contributed by atoms with Gasteiger partial charge >= 0.3 is 0 Å². The first-order valence-corrected chi connectivity index (χ1v) is 10.4. The Morgan fingerprint density at radius 2 is 2.12 bits per heavy atom. The lowest BCUT2D eigenvalue weighted by atomic mass is 9.92. The van der Waals surface area contributed by atoms with E-state index in [0.29, 0.717) is 25.0 Å². The molecule has 2 atom stereocenters. The molecule has 0 spiro atoms. The molecule has 1 fully saturated rings. The highest BCUT2D eigenvalue weighted by Crippen LogP contribution is 2.29. The van der Waals surface area contributed by atoms with Gasteiger partial charge in [0.05, 0.1) is 16.8 Å². The van der Waals surface area contributed by atoms with Gasteiger partial charge in [-0.3, -0.25) is 14.6 Å². The molecule has 0 bridgehead atoms. The van der Waals surface area contributed by atoms with Crippen molar-refractivity contribution in [2.75, 3.05) is 44.7 Å². The maximum atomic E-state index is 13.0. The number of hydrogen-bond donors (Lipinski definition) is 0. The van der Waals surface area contributed by atoms with E-state index in [2.05, 4.69) is 41.7 Å². The second-order valence-electron chi connectivity index (χ2n) is 7.24. The lowest BCUT2D eigenvalue weighted by Gasteiger charge is -2.41. The standard InChI is InChI=1S/C20H30N4OS/c1-5-23-12-11-17(15(3)13-23)22(4)14-19(25)24(6-2)20-21-16-9-7-8-10-18(16)26-20/h7-10,15,17H,5-6,11-14H2,1-4H3/t15-,17+/m1/s1. The smallest absolute Gasteiger partial charge is 0.242 e. The molecule has 5 nitrogen and oxygen atoms in total. The normalized spacial score (nSPS) is 21.4. The summed E-state index contributed by atoms with van der Waals surface area (Å²) >= 11 is 1.59. The Labute approximate surface area is 160 Å². The number of benzene rings is 1. The second kappa shape index (κ2) is 8.46. The van der Waals surface area contributed by atoms with Gasteiger partial charge in [-0.1, -0.05) is 37.3 Å². The number of nitrogens with zero attached hydrogens (tertiary/aromatic N) is 4. The van der Waals surface area contributed by atoms with E-state index in [4.69, 9.17) is 0 Å². The molecular weight excluding hydrogens is 344 g/mol. The average Bonchev–Trinajstić information content (AvgIpc) is 3.05. The molecule has 142 valence electrons. The molecule has 1 aromatic carbocycles. The third-order valence-corrected chi connectivity index (χ3v) is 6.53. The lowest BCUT2D eigenvalue weighted by Crippen LogP contribution is -2.51. The van der Waals surface area contributed by atoms with Crippen LogP contribution in [-0.2, 0) is 4.79 Å². The molecule has 0 unspecified atom stereocenters. The number of carbonyl (C=O) groups is 1. The van der Waals surface area contributed by atoms with Gasteiger partial charge in [0.15, 0.2) is 5.13 Å². The van der Waals surface area contributed by atoms with E-state index in [0.717, 1.165) is 41.4 Å². The van der Waals surface area contributed by atoms with E-state index < -0.39 is 0 Å². The summed E-state index contributed by atoms with van der Waals surface area (Å²) in [5.74, 6) is 0.721. The average molecular weight is 375 g/mol. The molecule has 0 radical (unpaired) electrons. The van der Waals surface area contributed by atoms with Crippen LogP contribution in [0.15, 0.2) is 24.3 Å². The van der Waals surface area contributed by atoms with Crippen LogP contribution in [0.5, 0.6) is 0 Å². The van der Waals surface area contributed by atoms with Gasteiger partial charge in [-0.2, -0.15) is 0 Å². The van der Waals surface area contributed by atoms with Gasteiger partial charge in [0.1, 0.15) is 0 Å². The molecule has 2 aromatic rings. The van der Waals surface area contributed by atoms with Gasteiger partial charge in [0.2, 0.25) is 5.91 Å². The topological polar surface area (TPSA) is 39.7 Å². The van der Waals surface area contributed by atoms with Crippen LogP contribution in [0.4, 0.5) is 5.13 Å². The van der Waals surface area contributed by atoms with Gasteiger partial charge < -0.3 is 4.90 Å². The number of carbonyl (C=O) groups excluding carboxylic acids is 1. The Kier molecular flexibility index (Phi) is 6.27. The molecule has 0 N–H and O–H groups in total. The molecule has 1 saturated heterocycles. The van der Waals surface area contributed by atoms with E-state index in [1.807, 2.05) is 30.0 Å². The van der Waals surface area contributed by atoms with Gasteiger partial charge in [-0.25, -0.2) is 4.98 Å². The van der Waals surface area contributed by atoms with E-state index in [1.165, 1.54) is 0 Å². The first-order chi connectivity index (χ1) is 12.5. The second-order valence-corrected chi connectivity index (χ2v) is 8.25. The van der Waals surface area contributed by atoms with E-state index in [9.17, 15) is 4.79 Å². The molecule has 1 aliphatic heterocycles. The van der Waals surface area contributed by atoms with Gasteiger partial charge in [-0.15, -0.1) is 0 Å². The van der Waals surface area contributed by atoms with Crippen molar-refractivity contribution in [3.63, 3.8) is 0 Å². The van der Waals surface area contributed by atoms with Crippen LogP contribution in [-0.4, -0.2) is 66.5 Å². The maximum absolute atomic E-state index is 13.0. The number of piperidine rings is 1. The number of thiazole rings is 1. The number of anilines is 1. The van der Waals surface area contributed by atoms with Crippen molar-refractivity contribution in [2.45, 2.75) is 33.2 Å². The monoisotopic (exact) mass is 374 g/mol. The summed E-state index contributed by atoms with van der Waals surface area (Å²) in [6.07, 6.45) is 1.13. The van der Waals surface area contributed by atoms with Crippen LogP contribution in [0.25, 0.3) is 10.2 Å². The number of hydrogen-bond acceptors (Lipinski definition) is 5. The molecule has 1 aliphatic rings. The number of fused-ring (bicyclic) bond motifs is 1. The Morgan fingerprint density at radius 1 is 1.35 bits per heavy atom. The van der Waals surface area contributed by atoms with Gasteiger partial charge in [0, 0.05) is 19.1 Å². The Bertz CT molecular complexity index is 713. The van der Waals surface area contributed by atoms with E-state index in [-0.39, 0.29) is 5.91 Å². The summed E-state index contributed by atoms with van der Waals surface area (Å²) < 4.78 is 1.13. The fraction of sp³-hybridized carbons (Fsp3) is 0.600. The van der Waals surface area contributed by atoms with Crippen LogP contribution in [0.2, 0.25) is 0 Å². The number of para-hydroxylation sites is 1. The lowest BCUT2D eigenvalue weighted by molar-refractivity contribution is -0.120. The Hall–Kier alpha value is -1.50. The highest BCUT2D eigenvalue weighted by atomic mass is 32.1. The molecule has 0 saturated carbocycles. The van der Waals surface area contributed by atoms with E-state index >= 15 is 0 Å². The molecule has 1 amide bonds. The summed E-state index contributed by atoms with van der Waals surface area (Å²) in [6, 6.07) is 8.53. The minimum absolute atomic E-state index is 0.138. The molecule has 1 aromatic heterocycles. The molecule has 0 aliphatic carbocycles. The van der Waals surface area contributed by atoms with Gasteiger partial charge in [-0.05, 0) is 51.5 Å². The first-order valence-electron chi connectivity index (χ1n) is 9.62. The van der Waals surface area contributed by atoms with Crippen LogP contribution < -0.4 is 4.90 Å². The fourth-order valence-electron chi connectivity index (χ4n) is 3.97. The number of likely N-dealkylation sites (tertiary alicyclic amines) is 1. The SMILES string of the molecule is CCN1CC[C@H](N(C)CC(=O)N(CC)c2nc3ccccc3s2)[C@H](C)C1. The van der Waals surface area contributed by atoms with Crippen molar-refractivity contribution in [2.24, 2.45) is 5.92 Å².